The van der Waals surface area contributed by atoms with Crippen LogP contribution >= 0.6 is 11.6 Å². The Kier molecular flexibility index (Phi) is 3.64. The van der Waals surface area contributed by atoms with E-state index in [4.69, 9.17) is 11.6 Å². The molecule has 0 fully saturated rings. The van der Waals surface area contributed by atoms with Crippen molar-refractivity contribution in [3.8, 4) is 11.3 Å². The van der Waals surface area contributed by atoms with E-state index in [0.717, 1.165) is 11.6 Å². The zero-order valence-corrected chi connectivity index (χ0v) is 13.4. The van der Waals surface area contributed by atoms with Crippen molar-refractivity contribution < 1.29 is 0 Å². The molecule has 0 spiro atoms. The van der Waals surface area contributed by atoms with Crippen molar-refractivity contribution in [3.63, 3.8) is 0 Å². The van der Waals surface area contributed by atoms with Gasteiger partial charge in [0.25, 0.3) is 0 Å². The molecule has 0 unspecified atom stereocenters. The van der Waals surface area contributed by atoms with Crippen molar-refractivity contribution in [1.29, 1.82) is 0 Å². The Balaban J connectivity index is 1.93. The van der Waals surface area contributed by atoms with E-state index in [1.807, 2.05) is 24.3 Å². The van der Waals surface area contributed by atoms with Gasteiger partial charge in [-0.15, -0.1) is 0 Å². The van der Waals surface area contributed by atoms with Gasteiger partial charge < -0.3 is 4.57 Å². The Hall–Kier alpha value is -2.51. The molecule has 23 heavy (non-hydrogen) atoms. The Morgan fingerprint density at radius 2 is 1.43 bits per heavy atom. The summed E-state index contributed by atoms with van der Waals surface area (Å²) in [6.45, 7) is 0.828. The smallest absolute Gasteiger partial charge is 0.0503 e. The molecule has 0 radical (unpaired) electrons. The fraction of sp³-hybridized carbons (Fsp3) is 0.0476. The van der Waals surface area contributed by atoms with Crippen molar-refractivity contribution in [2.45, 2.75) is 6.54 Å². The summed E-state index contributed by atoms with van der Waals surface area (Å²) in [7, 11) is 0. The van der Waals surface area contributed by atoms with E-state index in [2.05, 4.69) is 65.2 Å². The first-order chi connectivity index (χ1) is 11.3. The van der Waals surface area contributed by atoms with Crippen LogP contribution < -0.4 is 0 Å². The van der Waals surface area contributed by atoms with Gasteiger partial charge in [0.1, 0.15) is 0 Å². The topological polar surface area (TPSA) is 4.93 Å². The lowest BCUT2D eigenvalue weighted by Gasteiger charge is -2.11. The SMILES string of the molecule is Clc1ccc2cc(-c3ccccc3)n(Cc3ccccc3)c2c1. The van der Waals surface area contributed by atoms with E-state index in [1.165, 1.54) is 27.7 Å². The molecule has 0 saturated carbocycles. The lowest BCUT2D eigenvalue weighted by molar-refractivity contribution is 0.845. The van der Waals surface area contributed by atoms with Gasteiger partial charge >= 0.3 is 0 Å². The Morgan fingerprint density at radius 3 is 2.17 bits per heavy atom. The van der Waals surface area contributed by atoms with Crippen LogP contribution in [0.1, 0.15) is 5.56 Å². The number of fused-ring (bicyclic) bond motifs is 1. The molecule has 1 aromatic heterocycles. The van der Waals surface area contributed by atoms with Crippen molar-refractivity contribution in [2.75, 3.05) is 0 Å². The summed E-state index contributed by atoms with van der Waals surface area (Å²) >= 11 is 6.24. The van der Waals surface area contributed by atoms with E-state index < -0.39 is 0 Å². The molecule has 112 valence electrons. The van der Waals surface area contributed by atoms with Crippen LogP contribution in [0.5, 0.6) is 0 Å². The van der Waals surface area contributed by atoms with Crippen molar-refractivity contribution in [2.24, 2.45) is 0 Å². The fourth-order valence-corrected chi connectivity index (χ4v) is 3.18. The molecule has 4 aromatic rings. The quantitative estimate of drug-likeness (QED) is 0.436. The fourth-order valence-electron chi connectivity index (χ4n) is 3.01. The highest BCUT2D eigenvalue weighted by Gasteiger charge is 2.11. The van der Waals surface area contributed by atoms with Gasteiger partial charge in [-0.25, -0.2) is 0 Å². The standard InChI is InChI=1S/C21H16ClN/c22-19-12-11-18-13-20(17-9-5-2-6-10-17)23(21(18)14-19)15-16-7-3-1-4-8-16/h1-14H,15H2. The Bertz CT molecular complexity index is 940. The predicted octanol–water partition coefficient (Wildman–Crippen LogP) is 6.01. The minimum Gasteiger partial charge on any atom is -0.336 e. The monoisotopic (exact) mass is 317 g/mol. The van der Waals surface area contributed by atoms with Gasteiger partial charge in [0.05, 0.1) is 5.52 Å². The van der Waals surface area contributed by atoms with Crippen LogP contribution in [0.3, 0.4) is 0 Å². The summed E-state index contributed by atoms with van der Waals surface area (Å²) in [5, 5.41) is 1.98. The summed E-state index contributed by atoms with van der Waals surface area (Å²) in [5.74, 6) is 0. The lowest BCUT2D eigenvalue weighted by atomic mass is 10.1. The maximum Gasteiger partial charge on any atom is 0.0503 e. The maximum atomic E-state index is 6.24. The van der Waals surface area contributed by atoms with Gasteiger partial charge in [-0.3, -0.25) is 0 Å². The summed E-state index contributed by atoms with van der Waals surface area (Å²) in [6, 6.07) is 29.3. The second kappa shape index (κ2) is 5.94. The van der Waals surface area contributed by atoms with Crippen molar-refractivity contribution >= 4 is 22.5 Å². The summed E-state index contributed by atoms with van der Waals surface area (Å²) in [6.07, 6.45) is 0. The molecule has 0 amide bonds. The van der Waals surface area contributed by atoms with Crippen LogP contribution in [0.2, 0.25) is 5.02 Å². The molecule has 0 atom stereocenters. The zero-order valence-electron chi connectivity index (χ0n) is 12.6. The first-order valence-electron chi connectivity index (χ1n) is 7.69. The van der Waals surface area contributed by atoms with E-state index >= 15 is 0 Å². The predicted molar refractivity (Wildman–Crippen MR) is 97.9 cm³/mol. The number of nitrogens with zero attached hydrogens (tertiary/aromatic N) is 1. The molecule has 0 N–H and O–H groups in total. The molecule has 4 rings (SSSR count). The largest absolute Gasteiger partial charge is 0.336 e. The third-order valence-corrected chi connectivity index (χ3v) is 4.35. The highest BCUT2D eigenvalue weighted by Crippen LogP contribution is 2.30. The van der Waals surface area contributed by atoms with Gasteiger partial charge in [0, 0.05) is 22.6 Å². The number of hydrogen-bond acceptors (Lipinski definition) is 0. The lowest BCUT2D eigenvalue weighted by Crippen LogP contribution is -2.01. The molecular weight excluding hydrogens is 302 g/mol. The normalized spacial score (nSPS) is 11.0. The van der Waals surface area contributed by atoms with Crippen molar-refractivity contribution in [1.82, 2.24) is 4.57 Å². The number of hydrogen-bond donors (Lipinski definition) is 0. The van der Waals surface area contributed by atoms with E-state index in [0.29, 0.717) is 0 Å². The number of benzene rings is 3. The van der Waals surface area contributed by atoms with Crippen LogP contribution in [0.15, 0.2) is 84.9 Å². The Morgan fingerprint density at radius 1 is 0.739 bits per heavy atom. The number of rotatable bonds is 3. The van der Waals surface area contributed by atoms with Crippen LogP contribution in [0, 0.1) is 0 Å². The average Bonchev–Trinajstić information content (AvgIpc) is 2.95. The highest BCUT2D eigenvalue weighted by molar-refractivity contribution is 6.31. The summed E-state index contributed by atoms with van der Waals surface area (Å²) < 4.78 is 2.34. The summed E-state index contributed by atoms with van der Waals surface area (Å²) in [4.78, 5) is 0. The van der Waals surface area contributed by atoms with E-state index in [9.17, 15) is 0 Å². The molecule has 0 aliphatic carbocycles. The number of halogens is 1. The minimum atomic E-state index is 0.768. The average molecular weight is 318 g/mol. The second-order valence-corrected chi connectivity index (χ2v) is 6.11. The first kappa shape index (κ1) is 14.1. The van der Waals surface area contributed by atoms with Crippen LogP contribution in [-0.2, 0) is 6.54 Å². The molecule has 2 heteroatoms. The van der Waals surface area contributed by atoms with Crippen LogP contribution in [0.25, 0.3) is 22.2 Å². The number of aromatic nitrogens is 1. The summed E-state index contributed by atoms with van der Waals surface area (Å²) in [5.41, 5.74) is 4.88. The third-order valence-electron chi connectivity index (χ3n) is 4.12. The van der Waals surface area contributed by atoms with Gasteiger partial charge in [0.15, 0.2) is 0 Å². The maximum absolute atomic E-state index is 6.24. The van der Waals surface area contributed by atoms with Gasteiger partial charge in [0.2, 0.25) is 0 Å². The third kappa shape index (κ3) is 2.76. The van der Waals surface area contributed by atoms with E-state index in [1.54, 1.807) is 0 Å². The van der Waals surface area contributed by atoms with E-state index in [-0.39, 0.29) is 0 Å². The van der Waals surface area contributed by atoms with Gasteiger partial charge in [-0.1, -0.05) is 78.3 Å². The molecule has 0 bridgehead atoms. The molecule has 0 aliphatic rings. The van der Waals surface area contributed by atoms with Crippen LogP contribution in [0.4, 0.5) is 0 Å². The van der Waals surface area contributed by atoms with Gasteiger partial charge in [-0.2, -0.15) is 0 Å². The molecule has 0 saturated heterocycles. The zero-order chi connectivity index (χ0) is 15.6. The second-order valence-electron chi connectivity index (χ2n) is 5.67. The molecular formula is C21H16ClN. The molecule has 0 aliphatic heterocycles. The Labute approximate surface area is 140 Å². The minimum absolute atomic E-state index is 0.768. The van der Waals surface area contributed by atoms with Gasteiger partial charge in [-0.05, 0) is 29.3 Å². The molecule has 1 nitrogen and oxygen atoms in total. The van der Waals surface area contributed by atoms with Crippen LogP contribution in [-0.4, -0.2) is 4.57 Å². The van der Waals surface area contributed by atoms with Crippen molar-refractivity contribution in [3.05, 3.63) is 95.5 Å². The highest BCUT2D eigenvalue weighted by atomic mass is 35.5. The molecule has 1 heterocycles. The first-order valence-corrected chi connectivity index (χ1v) is 8.07. The molecule has 3 aromatic carbocycles.